The molecule has 0 N–H and O–H groups in total. The van der Waals surface area contributed by atoms with E-state index in [1.807, 2.05) is 13.8 Å². The van der Waals surface area contributed by atoms with Gasteiger partial charge in [0.05, 0.1) is 17.9 Å². The molecule has 0 radical (unpaired) electrons. The van der Waals surface area contributed by atoms with Crippen LogP contribution in [-0.2, 0) is 14.9 Å². The number of fused-ring (bicyclic) bond motifs is 3. The van der Waals surface area contributed by atoms with Gasteiger partial charge in [-0.25, -0.2) is 0 Å². The second-order valence-corrected chi connectivity index (χ2v) is 11.6. The van der Waals surface area contributed by atoms with Crippen molar-refractivity contribution in [2.45, 2.75) is 59.2 Å². The van der Waals surface area contributed by atoms with Crippen LogP contribution in [0.2, 0.25) is 0 Å². The molecule has 0 fully saturated rings. The molecule has 4 aromatic carbocycles. The summed E-state index contributed by atoms with van der Waals surface area (Å²) >= 11 is 0. The first-order valence-corrected chi connectivity index (χ1v) is 14.9. The minimum atomic E-state index is -0.523. The fourth-order valence-electron chi connectivity index (χ4n) is 6.93. The maximum absolute atomic E-state index is 6.20. The quantitative estimate of drug-likeness (QED) is 0.139. The van der Waals surface area contributed by atoms with Gasteiger partial charge in [0.2, 0.25) is 0 Å². The maximum Gasteiger partial charge on any atom is 0.129 e. The number of benzene rings is 4. The van der Waals surface area contributed by atoms with Gasteiger partial charge in [-0.15, -0.1) is 0 Å². The highest BCUT2D eigenvalue weighted by Crippen LogP contribution is 2.59. The monoisotopic (exact) mass is 574 g/mol. The standard InChI is InChI=1S/C39H42O4/c1-9-40-29(7)23-42-31-19-25(3)37(26(4)20-31)39(35-17-13-11-15-33(35)34-16-12-14-18-36(34)39)38-27(5)21-32(22-28(38)6)43-24-30(8)41-10-2/h9-22,29-30H,1-2,23-24H2,3-8H3. The van der Waals surface area contributed by atoms with Crippen molar-refractivity contribution in [1.29, 1.82) is 0 Å². The van der Waals surface area contributed by atoms with E-state index >= 15 is 0 Å². The highest BCUT2D eigenvalue weighted by Gasteiger charge is 2.49. The fraction of sp³-hybridized carbons (Fsp3) is 0.282. The first-order chi connectivity index (χ1) is 20.7. The van der Waals surface area contributed by atoms with Gasteiger partial charge in [-0.05, 0) is 121 Å². The molecule has 222 valence electrons. The van der Waals surface area contributed by atoms with Crippen molar-refractivity contribution >= 4 is 0 Å². The summed E-state index contributed by atoms with van der Waals surface area (Å²) in [7, 11) is 0. The summed E-state index contributed by atoms with van der Waals surface area (Å²) in [6, 6.07) is 26.3. The zero-order chi connectivity index (χ0) is 30.7. The average molecular weight is 575 g/mol. The molecule has 4 aromatic rings. The number of hydrogen-bond donors (Lipinski definition) is 0. The van der Waals surface area contributed by atoms with Crippen molar-refractivity contribution in [3.63, 3.8) is 0 Å². The minimum absolute atomic E-state index is 0.0879. The van der Waals surface area contributed by atoms with Gasteiger partial charge in [-0.3, -0.25) is 0 Å². The van der Waals surface area contributed by atoms with Crippen LogP contribution in [-0.4, -0.2) is 25.4 Å². The molecule has 0 saturated heterocycles. The predicted molar refractivity (Wildman–Crippen MR) is 175 cm³/mol. The third-order valence-electron chi connectivity index (χ3n) is 8.34. The lowest BCUT2D eigenvalue weighted by atomic mass is 9.63. The van der Waals surface area contributed by atoms with Crippen LogP contribution in [0.1, 0.15) is 58.4 Å². The summed E-state index contributed by atoms with van der Waals surface area (Å²) in [5.41, 5.74) is 11.8. The van der Waals surface area contributed by atoms with Crippen molar-refractivity contribution in [1.82, 2.24) is 0 Å². The minimum Gasteiger partial charge on any atom is -0.495 e. The van der Waals surface area contributed by atoms with Crippen LogP contribution >= 0.6 is 0 Å². The van der Waals surface area contributed by atoms with E-state index in [0.717, 1.165) is 11.5 Å². The normalized spacial score (nSPS) is 14.2. The molecule has 5 rings (SSSR count). The molecule has 0 bridgehead atoms. The van der Waals surface area contributed by atoms with Gasteiger partial charge < -0.3 is 18.9 Å². The first kappa shape index (κ1) is 30.0. The first-order valence-electron chi connectivity index (χ1n) is 14.9. The molecule has 0 saturated carbocycles. The van der Waals surface area contributed by atoms with Gasteiger partial charge in [0.15, 0.2) is 0 Å². The third kappa shape index (κ3) is 5.43. The zero-order valence-corrected chi connectivity index (χ0v) is 26.2. The van der Waals surface area contributed by atoms with E-state index in [9.17, 15) is 0 Å². The lowest BCUT2D eigenvalue weighted by Gasteiger charge is -2.39. The van der Waals surface area contributed by atoms with Gasteiger partial charge in [0.25, 0.3) is 0 Å². The Morgan fingerprint density at radius 1 is 0.605 bits per heavy atom. The molecule has 2 unspecified atom stereocenters. The molecule has 1 aliphatic rings. The highest BCUT2D eigenvalue weighted by molar-refractivity contribution is 5.87. The summed E-state index contributed by atoms with van der Waals surface area (Å²) in [6.07, 6.45) is 2.75. The molecule has 4 nitrogen and oxygen atoms in total. The lowest BCUT2D eigenvalue weighted by molar-refractivity contribution is 0.103. The topological polar surface area (TPSA) is 36.9 Å². The highest BCUT2D eigenvalue weighted by atomic mass is 16.5. The molecule has 0 spiro atoms. The predicted octanol–water partition coefficient (Wildman–Crippen LogP) is 9.14. The Morgan fingerprint density at radius 2 is 0.953 bits per heavy atom. The van der Waals surface area contributed by atoms with E-state index in [1.54, 1.807) is 0 Å². The molecule has 4 heteroatoms. The van der Waals surface area contributed by atoms with Crippen LogP contribution in [0.4, 0.5) is 0 Å². The van der Waals surface area contributed by atoms with Crippen LogP contribution < -0.4 is 9.47 Å². The Labute approximate surface area is 256 Å². The van der Waals surface area contributed by atoms with Crippen molar-refractivity contribution in [3.8, 4) is 22.6 Å². The average Bonchev–Trinajstić information content (AvgIpc) is 3.25. The molecule has 1 aliphatic carbocycles. The SMILES string of the molecule is C=COC(C)COc1cc(C)c(C2(c3c(C)cc(OCC(C)OC=C)cc3C)c3ccccc3-c3ccccc32)c(C)c1. The summed E-state index contributed by atoms with van der Waals surface area (Å²) in [5.74, 6) is 1.67. The number of ether oxygens (including phenoxy) is 4. The number of aryl methyl sites for hydroxylation is 4. The summed E-state index contributed by atoms with van der Waals surface area (Å²) in [4.78, 5) is 0. The smallest absolute Gasteiger partial charge is 0.129 e. The molecular weight excluding hydrogens is 532 g/mol. The molecule has 2 atom stereocenters. The molecule has 43 heavy (non-hydrogen) atoms. The Morgan fingerprint density at radius 3 is 1.30 bits per heavy atom. The Hall–Kier alpha value is -4.44. The summed E-state index contributed by atoms with van der Waals surface area (Å²) < 4.78 is 23.4. The summed E-state index contributed by atoms with van der Waals surface area (Å²) in [5, 5.41) is 0. The second kappa shape index (κ2) is 12.4. The summed E-state index contributed by atoms with van der Waals surface area (Å²) in [6.45, 7) is 21.0. The van der Waals surface area contributed by atoms with Crippen molar-refractivity contribution in [2.24, 2.45) is 0 Å². The van der Waals surface area contributed by atoms with Gasteiger partial charge >= 0.3 is 0 Å². The zero-order valence-electron chi connectivity index (χ0n) is 26.2. The fourth-order valence-corrected chi connectivity index (χ4v) is 6.93. The van der Waals surface area contributed by atoms with E-state index in [-0.39, 0.29) is 12.2 Å². The van der Waals surface area contributed by atoms with Crippen LogP contribution in [0.5, 0.6) is 11.5 Å². The van der Waals surface area contributed by atoms with Crippen LogP contribution in [0.3, 0.4) is 0 Å². The van der Waals surface area contributed by atoms with Gasteiger partial charge in [0.1, 0.15) is 36.9 Å². The van der Waals surface area contributed by atoms with E-state index in [1.165, 1.54) is 68.2 Å². The van der Waals surface area contributed by atoms with E-state index < -0.39 is 5.41 Å². The third-order valence-corrected chi connectivity index (χ3v) is 8.34. The molecular formula is C39H42O4. The molecule has 0 aliphatic heterocycles. The second-order valence-electron chi connectivity index (χ2n) is 11.6. The van der Waals surface area contributed by atoms with Gasteiger partial charge in [0, 0.05) is 0 Å². The maximum atomic E-state index is 6.20. The van der Waals surface area contributed by atoms with Gasteiger partial charge in [-0.1, -0.05) is 61.7 Å². The lowest BCUT2D eigenvalue weighted by Crippen LogP contribution is -2.32. The van der Waals surface area contributed by atoms with E-state index in [2.05, 4.69) is 114 Å². The Balaban J connectivity index is 1.73. The number of hydrogen-bond acceptors (Lipinski definition) is 4. The number of rotatable bonds is 12. The van der Waals surface area contributed by atoms with Gasteiger partial charge in [-0.2, -0.15) is 0 Å². The molecule has 0 aromatic heterocycles. The van der Waals surface area contributed by atoms with E-state index in [0.29, 0.717) is 13.2 Å². The molecule has 0 amide bonds. The molecule has 0 heterocycles. The van der Waals surface area contributed by atoms with Crippen LogP contribution in [0.15, 0.2) is 98.5 Å². The van der Waals surface area contributed by atoms with E-state index in [4.69, 9.17) is 18.9 Å². The van der Waals surface area contributed by atoms with Crippen molar-refractivity contribution < 1.29 is 18.9 Å². The van der Waals surface area contributed by atoms with Crippen molar-refractivity contribution in [3.05, 3.63) is 143 Å². The Kier molecular flexibility index (Phi) is 8.68. The Bertz CT molecular complexity index is 1480. The largest absolute Gasteiger partial charge is 0.495 e. The van der Waals surface area contributed by atoms with Crippen LogP contribution in [0.25, 0.3) is 11.1 Å². The van der Waals surface area contributed by atoms with Crippen LogP contribution in [0, 0.1) is 27.7 Å². The van der Waals surface area contributed by atoms with Crippen molar-refractivity contribution in [2.75, 3.05) is 13.2 Å².